The molecule has 21 heavy (non-hydrogen) atoms. The van der Waals surface area contributed by atoms with Gasteiger partial charge < -0.3 is 15.8 Å². The Balaban J connectivity index is 2.71. The van der Waals surface area contributed by atoms with Crippen LogP contribution in [0.5, 0.6) is 0 Å². The van der Waals surface area contributed by atoms with Crippen molar-refractivity contribution in [1.82, 2.24) is 0 Å². The van der Waals surface area contributed by atoms with Gasteiger partial charge in [-0.25, -0.2) is 4.79 Å². The molecule has 0 aromatic heterocycles. The van der Waals surface area contributed by atoms with Crippen molar-refractivity contribution in [3.05, 3.63) is 29.8 Å². The van der Waals surface area contributed by atoms with Crippen LogP contribution in [0.25, 0.3) is 0 Å². The highest BCUT2D eigenvalue weighted by Gasteiger charge is 2.29. The number of benzene rings is 1. The van der Waals surface area contributed by atoms with Crippen molar-refractivity contribution >= 4 is 17.6 Å². The normalized spacial score (nSPS) is 11.0. The Morgan fingerprint density at radius 1 is 1.14 bits per heavy atom. The van der Waals surface area contributed by atoms with Gasteiger partial charge in [0.25, 0.3) is 0 Å². The van der Waals surface area contributed by atoms with E-state index in [1.165, 1.54) is 0 Å². The zero-order chi connectivity index (χ0) is 15.9. The summed E-state index contributed by atoms with van der Waals surface area (Å²) in [7, 11) is 0. The molecule has 116 valence electrons. The van der Waals surface area contributed by atoms with E-state index in [2.05, 4.69) is 5.32 Å². The number of hydrogen-bond donors (Lipinski definition) is 2. The topological polar surface area (TPSA) is 81.4 Å². The summed E-state index contributed by atoms with van der Waals surface area (Å²) in [6, 6.07) is 6.60. The van der Waals surface area contributed by atoms with Crippen molar-refractivity contribution in [2.75, 3.05) is 11.9 Å². The fourth-order valence-electron chi connectivity index (χ4n) is 1.79. The van der Waals surface area contributed by atoms with Gasteiger partial charge in [0.15, 0.2) is 0 Å². The van der Waals surface area contributed by atoms with Gasteiger partial charge in [-0.1, -0.05) is 20.8 Å². The lowest BCUT2D eigenvalue weighted by molar-refractivity contribution is -0.121. The van der Waals surface area contributed by atoms with Crippen LogP contribution in [0.4, 0.5) is 5.69 Å². The molecule has 0 saturated heterocycles. The summed E-state index contributed by atoms with van der Waals surface area (Å²) >= 11 is 0. The maximum atomic E-state index is 12.1. The monoisotopic (exact) mass is 292 g/mol. The first-order valence-electron chi connectivity index (χ1n) is 7.34. The van der Waals surface area contributed by atoms with Crippen LogP contribution in [0.3, 0.4) is 0 Å². The van der Waals surface area contributed by atoms with Crippen LogP contribution >= 0.6 is 0 Å². The van der Waals surface area contributed by atoms with E-state index in [0.717, 1.165) is 6.42 Å². The molecule has 0 atom stereocenters. The molecular weight excluding hydrogens is 268 g/mol. The standard InChI is InChI=1S/C16H24N2O3/c1-4-11-21-14(19)12-7-9-13(10-8-12)18-15(20)16(17,5-2)6-3/h7-10H,4-6,11,17H2,1-3H3,(H,18,20). The Kier molecular flexibility index (Phi) is 6.37. The lowest BCUT2D eigenvalue weighted by atomic mass is 9.93. The number of carbonyl (C=O) groups is 2. The summed E-state index contributed by atoms with van der Waals surface area (Å²) in [6.07, 6.45) is 1.92. The third-order valence-electron chi connectivity index (χ3n) is 3.53. The molecule has 0 radical (unpaired) electrons. The number of hydrogen-bond acceptors (Lipinski definition) is 4. The van der Waals surface area contributed by atoms with Gasteiger partial charge in [-0.05, 0) is 43.5 Å². The number of amides is 1. The number of carbonyl (C=O) groups excluding carboxylic acids is 2. The molecule has 0 saturated carbocycles. The van der Waals surface area contributed by atoms with Crippen LogP contribution in [-0.2, 0) is 9.53 Å². The molecule has 5 nitrogen and oxygen atoms in total. The summed E-state index contributed by atoms with van der Waals surface area (Å²) in [5.74, 6) is -0.571. The molecule has 1 aromatic carbocycles. The molecule has 1 aromatic rings. The molecule has 3 N–H and O–H groups in total. The highest BCUT2D eigenvalue weighted by atomic mass is 16.5. The predicted molar refractivity (Wildman–Crippen MR) is 83.1 cm³/mol. The third kappa shape index (κ3) is 4.56. The summed E-state index contributed by atoms with van der Waals surface area (Å²) in [4.78, 5) is 23.8. The fraction of sp³-hybridized carbons (Fsp3) is 0.500. The first-order valence-corrected chi connectivity index (χ1v) is 7.34. The molecule has 1 amide bonds. The van der Waals surface area contributed by atoms with E-state index in [4.69, 9.17) is 10.5 Å². The third-order valence-corrected chi connectivity index (χ3v) is 3.53. The second kappa shape index (κ2) is 7.78. The minimum absolute atomic E-state index is 0.214. The number of esters is 1. The molecule has 0 unspecified atom stereocenters. The molecule has 0 bridgehead atoms. The molecule has 0 aliphatic rings. The molecule has 5 heteroatoms. The number of nitrogens with two attached hydrogens (primary N) is 1. The zero-order valence-electron chi connectivity index (χ0n) is 12.9. The maximum absolute atomic E-state index is 12.1. The maximum Gasteiger partial charge on any atom is 0.338 e. The van der Waals surface area contributed by atoms with Gasteiger partial charge in [-0.2, -0.15) is 0 Å². The Bertz CT molecular complexity index is 479. The summed E-state index contributed by atoms with van der Waals surface area (Å²) in [5, 5.41) is 2.78. The van der Waals surface area contributed by atoms with Crippen molar-refractivity contribution in [2.24, 2.45) is 5.73 Å². The lowest BCUT2D eigenvalue weighted by Gasteiger charge is -2.25. The molecule has 0 spiro atoms. The quantitative estimate of drug-likeness (QED) is 0.757. The van der Waals surface area contributed by atoms with Gasteiger partial charge in [0.05, 0.1) is 17.7 Å². The molecule has 1 rings (SSSR count). The Hall–Kier alpha value is -1.88. The van der Waals surface area contributed by atoms with Crippen LogP contribution in [0.2, 0.25) is 0 Å². The molecule has 0 aliphatic heterocycles. The van der Waals surface area contributed by atoms with Crippen LogP contribution in [0.1, 0.15) is 50.4 Å². The summed E-state index contributed by atoms with van der Waals surface area (Å²) in [6.45, 7) is 6.11. The minimum atomic E-state index is -0.862. The highest BCUT2D eigenvalue weighted by Crippen LogP contribution is 2.16. The Morgan fingerprint density at radius 3 is 2.19 bits per heavy atom. The molecule has 0 fully saturated rings. The number of nitrogens with one attached hydrogen (secondary N) is 1. The van der Waals surface area contributed by atoms with Crippen molar-refractivity contribution < 1.29 is 14.3 Å². The van der Waals surface area contributed by atoms with E-state index in [1.54, 1.807) is 24.3 Å². The number of ether oxygens (including phenoxy) is 1. The van der Waals surface area contributed by atoms with Gasteiger partial charge in [-0.15, -0.1) is 0 Å². The van der Waals surface area contributed by atoms with E-state index in [0.29, 0.717) is 30.7 Å². The molecule has 0 heterocycles. The Labute approximate surface area is 125 Å². The van der Waals surface area contributed by atoms with E-state index < -0.39 is 5.54 Å². The van der Waals surface area contributed by atoms with E-state index >= 15 is 0 Å². The van der Waals surface area contributed by atoms with Gasteiger partial charge in [0, 0.05) is 5.69 Å². The van der Waals surface area contributed by atoms with E-state index in [-0.39, 0.29) is 11.9 Å². The Morgan fingerprint density at radius 2 is 1.71 bits per heavy atom. The number of rotatable bonds is 7. The minimum Gasteiger partial charge on any atom is -0.462 e. The largest absolute Gasteiger partial charge is 0.462 e. The molecular formula is C16H24N2O3. The smallest absolute Gasteiger partial charge is 0.338 e. The predicted octanol–water partition coefficient (Wildman–Crippen LogP) is 2.71. The molecule has 0 aliphatic carbocycles. The van der Waals surface area contributed by atoms with Crippen LogP contribution < -0.4 is 11.1 Å². The average Bonchev–Trinajstić information content (AvgIpc) is 2.52. The number of anilines is 1. The van der Waals surface area contributed by atoms with E-state index in [1.807, 2.05) is 20.8 Å². The van der Waals surface area contributed by atoms with Crippen molar-refractivity contribution in [1.29, 1.82) is 0 Å². The van der Waals surface area contributed by atoms with Crippen molar-refractivity contribution in [2.45, 2.75) is 45.6 Å². The second-order valence-electron chi connectivity index (χ2n) is 5.03. The van der Waals surface area contributed by atoms with Gasteiger partial charge in [0.2, 0.25) is 5.91 Å². The summed E-state index contributed by atoms with van der Waals surface area (Å²) < 4.78 is 5.04. The highest BCUT2D eigenvalue weighted by molar-refractivity contribution is 5.98. The van der Waals surface area contributed by atoms with Crippen LogP contribution in [0, 0.1) is 0 Å². The van der Waals surface area contributed by atoms with Crippen molar-refractivity contribution in [3.8, 4) is 0 Å². The van der Waals surface area contributed by atoms with Gasteiger partial charge in [0.1, 0.15) is 0 Å². The van der Waals surface area contributed by atoms with E-state index in [9.17, 15) is 9.59 Å². The first-order chi connectivity index (χ1) is 9.96. The van der Waals surface area contributed by atoms with Gasteiger partial charge >= 0.3 is 5.97 Å². The van der Waals surface area contributed by atoms with Crippen molar-refractivity contribution in [3.63, 3.8) is 0 Å². The fourth-order valence-corrected chi connectivity index (χ4v) is 1.79. The summed E-state index contributed by atoms with van der Waals surface area (Å²) in [5.41, 5.74) is 6.25. The van der Waals surface area contributed by atoms with Crippen LogP contribution in [0.15, 0.2) is 24.3 Å². The zero-order valence-corrected chi connectivity index (χ0v) is 12.9. The SMILES string of the molecule is CCCOC(=O)c1ccc(NC(=O)C(N)(CC)CC)cc1. The van der Waals surface area contributed by atoms with Gasteiger partial charge in [-0.3, -0.25) is 4.79 Å². The second-order valence-corrected chi connectivity index (χ2v) is 5.03. The van der Waals surface area contributed by atoms with Crippen LogP contribution in [-0.4, -0.2) is 24.0 Å². The average molecular weight is 292 g/mol. The first kappa shape index (κ1) is 17.2. The lowest BCUT2D eigenvalue weighted by Crippen LogP contribution is -2.50.